The standard InChI is InChI=1S/C25H29N5/c1-17-7-9-21(26-2)14-19(13-17)24-25(28-12-11-27-24)20-15-30(16-20)23-10-8-18-5-3-4-6-22(18)29-23/h3-6,8,10-12,17,19-20H,7,9,13-16H2,1-2H3/t17-,19?/m1/s1. The van der Waals surface area contributed by atoms with Crippen molar-refractivity contribution in [3.8, 4) is 0 Å². The molecule has 2 aliphatic rings. The lowest BCUT2D eigenvalue weighted by Crippen LogP contribution is -2.46. The Bertz CT molecular complexity index is 1070. The van der Waals surface area contributed by atoms with Crippen LogP contribution < -0.4 is 4.90 Å². The highest BCUT2D eigenvalue weighted by Crippen LogP contribution is 2.38. The van der Waals surface area contributed by atoms with E-state index < -0.39 is 0 Å². The van der Waals surface area contributed by atoms with Gasteiger partial charge < -0.3 is 4.90 Å². The Kier molecular flexibility index (Phi) is 5.19. The van der Waals surface area contributed by atoms with Crippen LogP contribution >= 0.6 is 0 Å². The SMILES string of the molecule is CN=C1CC[C@@H](C)CC(c2nccnc2C2CN(c3ccc4ccccc4n3)C2)C1. The lowest BCUT2D eigenvalue weighted by molar-refractivity contribution is 0.450. The number of para-hydroxylation sites is 1. The van der Waals surface area contributed by atoms with Crippen molar-refractivity contribution in [1.29, 1.82) is 0 Å². The third-order valence-electron chi connectivity index (χ3n) is 6.73. The fourth-order valence-electron chi connectivity index (χ4n) is 4.96. The predicted molar refractivity (Wildman–Crippen MR) is 122 cm³/mol. The lowest BCUT2D eigenvalue weighted by Gasteiger charge is -2.40. The molecule has 1 aliphatic carbocycles. The smallest absolute Gasteiger partial charge is 0.129 e. The largest absolute Gasteiger partial charge is 0.355 e. The minimum absolute atomic E-state index is 0.419. The first-order valence-corrected chi connectivity index (χ1v) is 11.1. The van der Waals surface area contributed by atoms with Crippen LogP contribution in [0.1, 0.15) is 55.8 Å². The van der Waals surface area contributed by atoms with Gasteiger partial charge in [0.05, 0.1) is 16.9 Å². The number of pyridine rings is 1. The van der Waals surface area contributed by atoms with Crippen LogP contribution in [0.25, 0.3) is 10.9 Å². The molecule has 2 aromatic heterocycles. The summed E-state index contributed by atoms with van der Waals surface area (Å²) in [5.41, 5.74) is 4.77. The molecule has 3 heterocycles. The summed E-state index contributed by atoms with van der Waals surface area (Å²) in [5.74, 6) is 2.60. The second-order valence-corrected chi connectivity index (χ2v) is 8.86. The molecule has 0 N–H and O–H groups in total. The Balaban J connectivity index is 1.36. The van der Waals surface area contributed by atoms with Gasteiger partial charge in [0.25, 0.3) is 0 Å². The quantitative estimate of drug-likeness (QED) is 0.582. The van der Waals surface area contributed by atoms with E-state index in [1.54, 1.807) is 0 Å². The zero-order chi connectivity index (χ0) is 20.5. The van der Waals surface area contributed by atoms with Gasteiger partial charge in [-0.15, -0.1) is 0 Å². The van der Waals surface area contributed by atoms with Crippen molar-refractivity contribution < 1.29 is 0 Å². The molecule has 0 bridgehead atoms. The summed E-state index contributed by atoms with van der Waals surface area (Å²) in [7, 11) is 1.93. The number of aromatic nitrogens is 3. The molecule has 0 radical (unpaired) electrons. The molecule has 1 saturated heterocycles. The van der Waals surface area contributed by atoms with Gasteiger partial charge in [-0.25, -0.2) is 4.98 Å². The average Bonchev–Trinajstić information content (AvgIpc) is 2.94. The van der Waals surface area contributed by atoms with Crippen molar-refractivity contribution in [2.24, 2.45) is 10.9 Å². The monoisotopic (exact) mass is 399 g/mol. The van der Waals surface area contributed by atoms with E-state index in [2.05, 4.69) is 47.1 Å². The molecule has 5 nitrogen and oxygen atoms in total. The summed E-state index contributed by atoms with van der Waals surface area (Å²) >= 11 is 0. The molecule has 154 valence electrons. The zero-order valence-corrected chi connectivity index (χ0v) is 17.8. The average molecular weight is 400 g/mol. The van der Waals surface area contributed by atoms with E-state index in [0.29, 0.717) is 17.8 Å². The molecule has 0 amide bonds. The van der Waals surface area contributed by atoms with Crippen molar-refractivity contribution in [2.45, 2.75) is 44.4 Å². The van der Waals surface area contributed by atoms with Crippen LogP contribution in [0.2, 0.25) is 0 Å². The number of anilines is 1. The van der Waals surface area contributed by atoms with Gasteiger partial charge in [-0.3, -0.25) is 15.0 Å². The number of benzene rings is 1. The van der Waals surface area contributed by atoms with E-state index in [0.717, 1.165) is 37.3 Å². The third kappa shape index (κ3) is 3.69. The minimum atomic E-state index is 0.419. The van der Waals surface area contributed by atoms with Gasteiger partial charge in [-0.1, -0.05) is 25.1 Å². The fraction of sp³-hybridized carbons (Fsp3) is 0.440. The normalized spacial score (nSPS) is 24.1. The second kappa shape index (κ2) is 8.13. The highest BCUT2D eigenvalue weighted by molar-refractivity contribution is 5.85. The van der Waals surface area contributed by atoms with Gasteiger partial charge in [0.1, 0.15) is 5.82 Å². The van der Waals surface area contributed by atoms with Gasteiger partial charge in [-0.2, -0.15) is 0 Å². The lowest BCUT2D eigenvalue weighted by atomic mass is 9.85. The first kappa shape index (κ1) is 19.2. The number of rotatable bonds is 3. The molecule has 1 saturated carbocycles. The van der Waals surface area contributed by atoms with Crippen molar-refractivity contribution in [3.05, 3.63) is 60.2 Å². The molecule has 5 heteroatoms. The number of hydrogen-bond donors (Lipinski definition) is 0. The van der Waals surface area contributed by atoms with Crippen molar-refractivity contribution >= 4 is 22.4 Å². The molecule has 2 fully saturated rings. The highest BCUT2D eigenvalue weighted by atomic mass is 15.2. The Labute approximate surface area is 178 Å². The summed E-state index contributed by atoms with van der Waals surface area (Å²) in [6.07, 6.45) is 8.25. The molecule has 1 aliphatic heterocycles. The Morgan fingerprint density at radius 2 is 1.73 bits per heavy atom. The maximum atomic E-state index is 4.86. The van der Waals surface area contributed by atoms with E-state index in [1.165, 1.54) is 35.3 Å². The molecule has 1 unspecified atom stereocenters. The number of hydrogen-bond acceptors (Lipinski definition) is 5. The van der Waals surface area contributed by atoms with Crippen molar-refractivity contribution in [1.82, 2.24) is 15.0 Å². The van der Waals surface area contributed by atoms with E-state index in [4.69, 9.17) is 15.0 Å². The van der Waals surface area contributed by atoms with E-state index in [1.807, 2.05) is 25.5 Å². The Morgan fingerprint density at radius 1 is 0.967 bits per heavy atom. The molecular formula is C25H29N5. The molecule has 30 heavy (non-hydrogen) atoms. The first-order valence-electron chi connectivity index (χ1n) is 11.1. The van der Waals surface area contributed by atoms with Crippen LogP contribution in [0.5, 0.6) is 0 Å². The van der Waals surface area contributed by atoms with Gasteiger partial charge in [0.2, 0.25) is 0 Å². The molecule has 3 aromatic rings. The van der Waals surface area contributed by atoms with Crippen LogP contribution in [0.3, 0.4) is 0 Å². The molecule has 2 atom stereocenters. The van der Waals surface area contributed by atoms with Crippen molar-refractivity contribution in [3.63, 3.8) is 0 Å². The summed E-state index contributed by atoms with van der Waals surface area (Å²) in [5, 5.41) is 1.19. The van der Waals surface area contributed by atoms with Gasteiger partial charge in [0.15, 0.2) is 0 Å². The number of nitrogens with zero attached hydrogens (tertiary/aromatic N) is 5. The van der Waals surface area contributed by atoms with Gasteiger partial charge >= 0.3 is 0 Å². The topological polar surface area (TPSA) is 54.3 Å². The summed E-state index contributed by atoms with van der Waals surface area (Å²) in [6.45, 7) is 4.26. The van der Waals surface area contributed by atoms with Crippen LogP contribution in [0.4, 0.5) is 5.82 Å². The number of aliphatic imine (C=N–C) groups is 1. The summed E-state index contributed by atoms with van der Waals surface area (Å²) < 4.78 is 0. The third-order valence-corrected chi connectivity index (χ3v) is 6.73. The van der Waals surface area contributed by atoms with Crippen LogP contribution in [-0.4, -0.2) is 40.8 Å². The second-order valence-electron chi connectivity index (χ2n) is 8.86. The Morgan fingerprint density at radius 3 is 2.53 bits per heavy atom. The van der Waals surface area contributed by atoms with Crippen LogP contribution in [-0.2, 0) is 0 Å². The Hall–Kier alpha value is -2.82. The van der Waals surface area contributed by atoms with Gasteiger partial charge in [0, 0.05) is 55.5 Å². The molecular weight excluding hydrogens is 370 g/mol. The van der Waals surface area contributed by atoms with Crippen LogP contribution in [0.15, 0.2) is 53.8 Å². The van der Waals surface area contributed by atoms with Crippen LogP contribution in [0, 0.1) is 5.92 Å². The minimum Gasteiger partial charge on any atom is -0.355 e. The maximum Gasteiger partial charge on any atom is 0.129 e. The highest BCUT2D eigenvalue weighted by Gasteiger charge is 2.35. The summed E-state index contributed by atoms with van der Waals surface area (Å²) in [6, 6.07) is 12.6. The zero-order valence-electron chi connectivity index (χ0n) is 17.8. The van der Waals surface area contributed by atoms with E-state index >= 15 is 0 Å². The molecule has 5 rings (SSSR count). The maximum absolute atomic E-state index is 4.86. The first-order chi connectivity index (χ1) is 14.7. The molecule has 1 aromatic carbocycles. The summed E-state index contributed by atoms with van der Waals surface area (Å²) in [4.78, 5) is 21.4. The predicted octanol–water partition coefficient (Wildman–Crippen LogP) is 4.99. The fourth-order valence-corrected chi connectivity index (χ4v) is 4.96. The van der Waals surface area contributed by atoms with E-state index in [9.17, 15) is 0 Å². The number of fused-ring (bicyclic) bond motifs is 1. The van der Waals surface area contributed by atoms with Crippen molar-refractivity contribution in [2.75, 3.05) is 25.0 Å². The molecule has 0 spiro atoms. The van der Waals surface area contributed by atoms with Gasteiger partial charge in [-0.05, 0) is 49.8 Å². The van der Waals surface area contributed by atoms with E-state index in [-0.39, 0.29) is 0 Å².